The van der Waals surface area contributed by atoms with Gasteiger partial charge < -0.3 is 9.51 Å². The Morgan fingerprint density at radius 1 is 1.10 bits per heavy atom. The molecule has 0 bridgehead atoms. The zero-order valence-electron chi connectivity index (χ0n) is 10.2. The number of pyridine rings is 1. The third kappa shape index (κ3) is 1.84. The van der Waals surface area contributed by atoms with Gasteiger partial charge in [-0.25, -0.2) is 13.6 Å². The van der Waals surface area contributed by atoms with Crippen molar-refractivity contribution in [2.24, 2.45) is 0 Å². The van der Waals surface area contributed by atoms with Crippen LogP contribution in [-0.4, -0.2) is 15.5 Å². The van der Waals surface area contributed by atoms with Gasteiger partial charge in [0.1, 0.15) is 0 Å². The molecule has 100 valence electrons. The fraction of sp³-hybridized carbons (Fsp3) is 0. The van der Waals surface area contributed by atoms with Gasteiger partial charge in [-0.1, -0.05) is 12.1 Å². The molecule has 3 nitrogen and oxygen atoms in total. The van der Waals surface area contributed by atoms with E-state index < -0.39 is 17.6 Å². The first-order chi connectivity index (χ1) is 9.58. The number of aromatic nitrogens is 1. The predicted octanol–water partition coefficient (Wildman–Crippen LogP) is 3.58. The average Bonchev–Trinajstić information content (AvgIpc) is 2.81. The highest BCUT2D eigenvalue weighted by Crippen LogP contribution is 2.29. The van der Waals surface area contributed by atoms with Gasteiger partial charge in [0.2, 0.25) is 0 Å². The lowest BCUT2D eigenvalue weighted by atomic mass is 10.0. The third-order valence-corrected chi connectivity index (χ3v) is 3.13. The Hall–Kier alpha value is -2.69. The summed E-state index contributed by atoms with van der Waals surface area (Å²) in [6.45, 7) is 0. The minimum absolute atomic E-state index is 0.0663. The van der Waals surface area contributed by atoms with E-state index in [1.54, 1.807) is 35.0 Å². The molecule has 3 rings (SSSR count). The molecule has 0 aliphatic rings. The molecule has 1 N–H and O–H groups in total. The first-order valence-electron chi connectivity index (χ1n) is 5.86. The van der Waals surface area contributed by atoms with Crippen LogP contribution >= 0.6 is 0 Å². The minimum Gasteiger partial charge on any atom is -0.478 e. The maximum Gasteiger partial charge on any atom is 0.338 e. The van der Waals surface area contributed by atoms with Crippen LogP contribution in [-0.2, 0) is 0 Å². The number of benzene rings is 1. The van der Waals surface area contributed by atoms with Crippen LogP contribution in [0.4, 0.5) is 8.78 Å². The van der Waals surface area contributed by atoms with Gasteiger partial charge in [-0.2, -0.15) is 0 Å². The van der Waals surface area contributed by atoms with E-state index in [2.05, 4.69) is 0 Å². The topological polar surface area (TPSA) is 41.7 Å². The second kappa shape index (κ2) is 4.45. The van der Waals surface area contributed by atoms with Crippen molar-refractivity contribution in [2.45, 2.75) is 0 Å². The Morgan fingerprint density at radius 3 is 2.60 bits per heavy atom. The average molecular weight is 273 g/mol. The normalized spacial score (nSPS) is 10.9. The summed E-state index contributed by atoms with van der Waals surface area (Å²) >= 11 is 0. The Labute approximate surface area is 112 Å². The van der Waals surface area contributed by atoms with Crippen molar-refractivity contribution >= 4 is 11.5 Å². The number of rotatable bonds is 2. The van der Waals surface area contributed by atoms with Gasteiger partial charge in [0.15, 0.2) is 11.6 Å². The zero-order valence-corrected chi connectivity index (χ0v) is 10.2. The highest BCUT2D eigenvalue weighted by atomic mass is 19.2. The van der Waals surface area contributed by atoms with Crippen molar-refractivity contribution in [3.63, 3.8) is 0 Å². The molecule has 0 fully saturated rings. The second-order valence-electron chi connectivity index (χ2n) is 4.34. The maximum absolute atomic E-state index is 13.3. The molecular weight excluding hydrogens is 264 g/mol. The van der Waals surface area contributed by atoms with Crippen LogP contribution in [0.3, 0.4) is 0 Å². The van der Waals surface area contributed by atoms with Crippen LogP contribution in [0.1, 0.15) is 10.4 Å². The van der Waals surface area contributed by atoms with Gasteiger partial charge in [0, 0.05) is 18.0 Å². The highest BCUT2D eigenvalue weighted by molar-refractivity contribution is 6.03. The van der Waals surface area contributed by atoms with Crippen LogP contribution in [0, 0.1) is 11.6 Å². The molecule has 0 aliphatic carbocycles. The van der Waals surface area contributed by atoms with Gasteiger partial charge >= 0.3 is 5.97 Å². The van der Waals surface area contributed by atoms with Crippen molar-refractivity contribution < 1.29 is 18.7 Å². The fourth-order valence-electron chi connectivity index (χ4n) is 2.23. The summed E-state index contributed by atoms with van der Waals surface area (Å²) in [7, 11) is 0. The number of fused-ring (bicyclic) bond motifs is 1. The lowest BCUT2D eigenvalue weighted by Crippen LogP contribution is -1.98. The second-order valence-corrected chi connectivity index (χ2v) is 4.34. The van der Waals surface area contributed by atoms with Crippen LogP contribution in [0.2, 0.25) is 0 Å². The van der Waals surface area contributed by atoms with E-state index in [0.717, 1.165) is 12.1 Å². The van der Waals surface area contributed by atoms with Crippen molar-refractivity contribution in [1.29, 1.82) is 0 Å². The van der Waals surface area contributed by atoms with E-state index in [0.29, 0.717) is 16.6 Å². The molecule has 0 saturated heterocycles. The van der Waals surface area contributed by atoms with Crippen molar-refractivity contribution in [3.05, 3.63) is 66.0 Å². The summed E-state index contributed by atoms with van der Waals surface area (Å²) in [6, 6.07) is 8.48. The van der Waals surface area contributed by atoms with E-state index >= 15 is 0 Å². The molecule has 20 heavy (non-hydrogen) atoms. The number of aromatic carboxylic acids is 1. The van der Waals surface area contributed by atoms with E-state index in [-0.39, 0.29) is 5.56 Å². The Morgan fingerprint density at radius 2 is 1.90 bits per heavy atom. The first-order valence-corrected chi connectivity index (χ1v) is 5.86. The van der Waals surface area contributed by atoms with E-state index in [4.69, 9.17) is 0 Å². The van der Waals surface area contributed by atoms with E-state index in [1.165, 1.54) is 6.07 Å². The molecule has 2 heterocycles. The Balaban J connectivity index is 2.32. The molecule has 0 radical (unpaired) electrons. The van der Waals surface area contributed by atoms with Crippen LogP contribution in [0.15, 0.2) is 48.8 Å². The van der Waals surface area contributed by atoms with Crippen molar-refractivity contribution in [1.82, 2.24) is 4.40 Å². The molecule has 0 aliphatic heterocycles. The lowest BCUT2D eigenvalue weighted by Gasteiger charge is -2.01. The maximum atomic E-state index is 13.3. The van der Waals surface area contributed by atoms with Gasteiger partial charge in [0.25, 0.3) is 0 Å². The third-order valence-electron chi connectivity index (χ3n) is 3.13. The molecule has 0 unspecified atom stereocenters. The highest BCUT2D eigenvalue weighted by Gasteiger charge is 2.18. The Kier molecular flexibility index (Phi) is 2.75. The molecule has 0 amide bonds. The summed E-state index contributed by atoms with van der Waals surface area (Å²) in [5.41, 5.74) is 1.24. The number of carboxylic acid groups (broad SMARTS) is 1. The largest absolute Gasteiger partial charge is 0.478 e. The molecule has 2 aromatic heterocycles. The predicted molar refractivity (Wildman–Crippen MR) is 69.7 cm³/mol. The molecule has 0 saturated carbocycles. The molecular formula is C15H9F2NO2. The van der Waals surface area contributed by atoms with E-state index in [1.807, 2.05) is 0 Å². The van der Waals surface area contributed by atoms with E-state index in [9.17, 15) is 18.7 Å². The van der Waals surface area contributed by atoms with Gasteiger partial charge in [-0.05, 0) is 29.8 Å². The number of nitrogens with zero attached hydrogens (tertiary/aromatic N) is 1. The number of halogens is 2. The molecule has 0 atom stereocenters. The summed E-state index contributed by atoms with van der Waals surface area (Å²) in [5, 5.41) is 9.36. The number of carboxylic acids is 1. The number of hydrogen-bond acceptors (Lipinski definition) is 1. The minimum atomic E-state index is -1.11. The molecule has 3 aromatic rings. The monoisotopic (exact) mass is 273 g/mol. The first kappa shape index (κ1) is 12.3. The summed E-state index contributed by atoms with van der Waals surface area (Å²) in [4.78, 5) is 11.4. The van der Waals surface area contributed by atoms with Crippen molar-refractivity contribution in [3.8, 4) is 11.1 Å². The summed E-state index contributed by atoms with van der Waals surface area (Å²) in [6.07, 6.45) is 3.29. The van der Waals surface area contributed by atoms with Crippen molar-refractivity contribution in [2.75, 3.05) is 0 Å². The van der Waals surface area contributed by atoms with Gasteiger partial charge in [-0.15, -0.1) is 0 Å². The standard InChI is InChI=1S/C15H9F2NO2/c16-11-5-4-9(7-12(11)17)10-8-18-6-2-1-3-13(18)14(10)15(19)20/h1-8H,(H,19,20). The number of hydrogen-bond donors (Lipinski definition) is 1. The molecule has 0 spiro atoms. The van der Waals surface area contributed by atoms with Crippen LogP contribution in [0.5, 0.6) is 0 Å². The van der Waals surface area contributed by atoms with Crippen LogP contribution < -0.4 is 0 Å². The molecule has 1 aromatic carbocycles. The smallest absolute Gasteiger partial charge is 0.338 e. The lowest BCUT2D eigenvalue weighted by molar-refractivity contribution is 0.0700. The fourth-order valence-corrected chi connectivity index (χ4v) is 2.23. The Bertz CT molecular complexity index is 824. The summed E-state index contributed by atoms with van der Waals surface area (Å²) < 4.78 is 27.9. The quantitative estimate of drug-likeness (QED) is 0.775. The van der Waals surface area contributed by atoms with Gasteiger partial charge in [-0.3, -0.25) is 0 Å². The molecule has 5 heteroatoms. The summed E-state index contributed by atoms with van der Waals surface area (Å²) in [5.74, 6) is -3.08. The van der Waals surface area contributed by atoms with Crippen LogP contribution in [0.25, 0.3) is 16.6 Å². The zero-order chi connectivity index (χ0) is 14.3. The van der Waals surface area contributed by atoms with Gasteiger partial charge in [0.05, 0.1) is 11.1 Å². The number of carbonyl (C=O) groups is 1. The SMILES string of the molecule is O=C(O)c1c(-c2ccc(F)c(F)c2)cn2ccccc12.